The molecular formula is C15H19ClN2O3. The molecule has 1 fully saturated rings. The van der Waals surface area contributed by atoms with E-state index in [9.17, 15) is 9.59 Å². The number of benzene rings is 1. The Hall–Kier alpha value is -1.59. The van der Waals surface area contributed by atoms with Gasteiger partial charge < -0.3 is 15.7 Å². The summed E-state index contributed by atoms with van der Waals surface area (Å²) < 4.78 is 0. The third-order valence-electron chi connectivity index (χ3n) is 3.88. The zero-order valence-corrected chi connectivity index (χ0v) is 12.6. The van der Waals surface area contributed by atoms with Gasteiger partial charge in [0.15, 0.2) is 0 Å². The number of hydrogen-bond donors (Lipinski definition) is 3. The Labute approximate surface area is 128 Å². The van der Waals surface area contributed by atoms with Crippen LogP contribution in [0.1, 0.15) is 36.5 Å². The molecule has 1 aromatic rings. The van der Waals surface area contributed by atoms with Crippen LogP contribution in [-0.4, -0.2) is 29.6 Å². The Balaban J connectivity index is 2.12. The average Bonchev–Trinajstić information content (AvgIpc) is 2.47. The standard InChI is InChI=1S/C15H19ClN2O3/c1-2-9-5-6-17-13(7-9)14(19)18-12-8-10(16)3-4-11(12)15(20)21/h3-4,8-9,13,17H,2,5-7H2,1H3,(H,18,19)(H,20,21). The van der Waals surface area contributed by atoms with Crippen molar-refractivity contribution in [1.82, 2.24) is 5.32 Å². The molecule has 1 amide bonds. The van der Waals surface area contributed by atoms with Crippen LogP contribution in [0.5, 0.6) is 0 Å². The Morgan fingerprint density at radius 1 is 1.48 bits per heavy atom. The van der Waals surface area contributed by atoms with Crippen LogP contribution in [0.25, 0.3) is 0 Å². The van der Waals surface area contributed by atoms with Crippen molar-refractivity contribution < 1.29 is 14.7 Å². The summed E-state index contributed by atoms with van der Waals surface area (Å²) in [5, 5.41) is 15.4. The summed E-state index contributed by atoms with van der Waals surface area (Å²) in [6.07, 6.45) is 2.88. The molecule has 5 nitrogen and oxygen atoms in total. The largest absolute Gasteiger partial charge is 0.478 e. The Bertz CT molecular complexity index is 548. The van der Waals surface area contributed by atoms with Crippen molar-refractivity contribution in [3.8, 4) is 0 Å². The first-order valence-electron chi connectivity index (χ1n) is 7.08. The van der Waals surface area contributed by atoms with E-state index >= 15 is 0 Å². The first kappa shape index (κ1) is 15.8. The summed E-state index contributed by atoms with van der Waals surface area (Å²) in [5.41, 5.74) is 0.274. The summed E-state index contributed by atoms with van der Waals surface area (Å²) in [7, 11) is 0. The number of carbonyl (C=O) groups excluding carboxylic acids is 1. The lowest BCUT2D eigenvalue weighted by Crippen LogP contribution is -2.46. The van der Waals surface area contributed by atoms with Crippen LogP contribution >= 0.6 is 11.6 Å². The summed E-state index contributed by atoms with van der Waals surface area (Å²) in [4.78, 5) is 23.5. The number of halogens is 1. The van der Waals surface area contributed by atoms with Gasteiger partial charge in [-0.05, 0) is 43.5 Å². The van der Waals surface area contributed by atoms with E-state index in [2.05, 4.69) is 17.6 Å². The molecule has 0 radical (unpaired) electrons. The summed E-state index contributed by atoms with van der Waals surface area (Å²) in [5.74, 6) is -0.775. The zero-order valence-electron chi connectivity index (χ0n) is 11.9. The maximum atomic E-state index is 12.3. The second-order valence-corrected chi connectivity index (χ2v) is 5.73. The van der Waals surface area contributed by atoms with Gasteiger partial charge in [0.25, 0.3) is 0 Å². The van der Waals surface area contributed by atoms with E-state index in [1.807, 2.05) is 0 Å². The van der Waals surface area contributed by atoms with Crippen molar-refractivity contribution in [2.75, 3.05) is 11.9 Å². The second kappa shape index (κ2) is 6.91. The molecule has 0 aromatic heterocycles. The molecule has 1 aliphatic heterocycles. The van der Waals surface area contributed by atoms with Crippen LogP contribution in [0.3, 0.4) is 0 Å². The molecule has 2 unspecified atom stereocenters. The highest BCUT2D eigenvalue weighted by Crippen LogP contribution is 2.23. The Kier molecular flexibility index (Phi) is 5.20. The number of nitrogens with one attached hydrogen (secondary N) is 2. The van der Waals surface area contributed by atoms with Gasteiger partial charge in [-0.15, -0.1) is 0 Å². The van der Waals surface area contributed by atoms with Crippen molar-refractivity contribution in [2.24, 2.45) is 5.92 Å². The fraction of sp³-hybridized carbons (Fsp3) is 0.467. The summed E-state index contributed by atoms with van der Waals surface area (Å²) >= 11 is 5.88. The van der Waals surface area contributed by atoms with Gasteiger partial charge in [-0.3, -0.25) is 4.79 Å². The fourth-order valence-electron chi connectivity index (χ4n) is 2.59. The quantitative estimate of drug-likeness (QED) is 0.799. The van der Waals surface area contributed by atoms with E-state index in [1.54, 1.807) is 0 Å². The van der Waals surface area contributed by atoms with E-state index in [-0.39, 0.29) is 23.2 Å². The highest BCUT2D eigenvalue weighted by molar-refractivity contribution is 6.31. The first-order valence-corrected chi connectivity index (χ1v) is 7.46. The number of carbonyl (C=O) groups is 2. The SMILES string of the molecule is CCC1CCNC(C(=O)Nc2cc(Cl)ccc2C(=O)O)C1. The molecule has 0 bridgehead atoms. The smallest absolute Gasteiger partial charge is 0.337 e. The third-order valence-corrected chi connectivity index (χ3v) is 4.11. The molecule has 1 aliphatic rings. The number of carboxylic acid groups (broad SMARTS) is 1. The van der Waals surface area contributed by atoms with Crippen molar-refractivity contribution >= 4 is 29.2 Å². The highest BCUT2D eigenvalue weighted by atomic mass is 35.5. The predicted octanol–water partition coefficient (Wildman–Crippen LogP) is 2.75. The van der Waals surface area contributed by atoms with E-state index in [0.29, 0.717) is 10.9 Å². The van der Waals surface area contributed by atoms with Crippen LogP contribution in [0.4, 0.5) is 5.69 Å². The number of rotatable bonds is 4. The lowest BCUT2D eigenvalue weighted by Gasteiger charge is -2.29. The fourth-order valence-corrected chi connectivity index (χ4v) is 2.77. The Morgan fingerprint density at radius 3 is 2.90 bits per heavy atom. The van der Waals surface area contributed by atoms with Gasteiger partial charge in [-0.1, -0.05) is 24.9 Å². The zero-order chi connectivity index (χ0) is 15.4. The van der Waals surface area contributed by atoms with Gasteiger partial charge in [0.2, 0.25) is 5.91 Å². The van der Waals surface area contributed by atoms with Crippen molar-refractivity contribution in [1.29, 1.82) is 0 Å². The minimum Gasteiger partial charge on any atom is -0.478 e. The van der Waals surface area contributed by atoms with Crippen molar-refractivity contribution in [3.63, 3.8) is 0 Å². The minimum absolute atomic E-state index is 0.0376. The maximum Gasteiger partial charge on any atom is 0.337 e. The molecule has 0 saturated carbocycles. The molecule has 2 atom stereocenters. The number of piperidine rings is 1. The summed E-state index contributed by atoms with van der Waals surface area (Å²) in [6, 6.07) is 4.06. The van der Waals surface area contributed by atoms with E-state index < -0.39 is 5.97 Å². The molecule has 21 heavy (non-hydrogen) atoms. The monoisotopic (exact) mass is 310 g/mol. The number of hydrogen-bond acceptors (Lipinski definition) is 3. The molecule has 114 valence electrons. The minimum atomic E-state index is -1.09. The molecule has 1 saturated heterocycles. The van der Waals surface area contributed by atoms with Gasteiger partial charge >= 0.3 is 5.97 Å². The van der Waals surface area contributed by atoms with Gasteiger partial charge in [0, 0.05) is 5.02 Å². The van der Waals surface area contributed by atoms with Gasteiger partial charge in [-0.25, -0.2) is 4.79 Å². The average molecular weight is 311 g/mol. The number of amides is 1. The van der Waals surface area contributed by atoms with E-state index in [4.69, 9.17) is 16.7 Å². The predicted molar refractivity (Wildman–Crippen MR) is 81.8 cm³/mol. The summed E-state index contributed by atoms with van der Waals surface area (Å²) in [6.45, 7) is 2.92. The Morgan fingerprint density at radius 2 is 2.24 bits per heavy atom. The van der Waals surface area contributed by atoms with Crippen molar-refractivity contribution in [2.45, 2.75) is 32.2 Å². The molecule has 3 N–H and O–H groups in total. The van der Waals surface area contributed by atoms with E-state index in [1.165, 1.54) is 18.2 Å². The van der Waals surface area contributed by atoms with Gasteiger partial charge in [0.1, 0.15) is 0 Å². The number of anilines is 1. The molecule has 1 heterocycles. The lowest BCUT2D eigenvalue weighted by molar-refractivity contribution is -0.119. The second-order valence-electron chi connectivity index (χ2n) is 5.29. The normalized spacial score (nSPS) is 21.8. The topological polar surface area (TPSA) is 78.4 Å². The van der Waals surface area contributed by atoms with E-state index in [0.717, 1.165) is 25.8 Å². The van der Waals surface area contributed by atoms with Gasteiger partial charge in [-0.2, -0.15) is 0 Å². The van der Waals surface area contributed by atoms with Crippen LogP contribution in [-0.2, 0) is 4.79 Å². The lowest BCUT2D eigenvalue weighted by atomic mass is 9.90. The number of carboxylic acids is 1. The molecule has 2 rings (SSSR count). The van der Waals surface area contributed by atoms with Gasteiger partial charge in [0.05, 0.1) is 17.3 Å². The van der Waals surface area contributed by atoms with Crippen LogP contribution in [0.2, 0.25) is 5.02 Å². The maximum absolute atomic E-state index is 12.3. The van der Waals surface area contributed by atoms with Crippen LogP contribution in [0, 0.1) is 5.92 Å². The molecule has 0 spiro atoms. The molecule has 6 heteroatoms. The molecular weight excluding hydrogens is 292 g/mol. The van der Waals surface area contributed by atoms with Crippen molar-refractivity contribution in [3.05, 3.63) is 28.8 Å². The highest BCUT2D eigenvalue weighted by Gasteiger charge is 2.26. The first-order chi connectivity index (χ1) is 10.0. The third kappa shape index (κ3) is 3.95. The molecule has 1 aromatic carbocycles. The van der Waals surface area contributed by atoms with Crippen LogP contribution < -0.4 is 10.6 Å². The number of aromatic carboxylic acids is 1. The van der Waals surface area contributed by atoms with Crippen LogP contribution in [0.15, 0.2) is 18.2 Å². The molecule has 0 aliphatic carbocycles.